The van der Waals surface area contributed by atoms with Crippen LogP contribution in [0.5, 0.6) is 0 Å². The average Bonchev–Trinajstić information content (AvgIpc) is 2.47. The van der Waals surface area contributed by atoms with Crippen molar-refractivity contribution < 1.29 is 18.0 Å². The highest BCUT2D eigenvalue weighted by molar-refractivity contribution is 5.77. The van der Waals surface area contributed by atoms with Gasteiger partial charge < -0.3 is 10.6 Å². The van der Waals surface area contributed by atoms with Crippen molar-refractivity contribution in [2.24, 2.45) is 5.92 Å². The molecule has 3 atom stereocenters. The van der Waals surface area contributed by atoms with E-state index in [9.17, 15) is 18.0 Å². The molecule has 0 spiro atoms. The Morgan fingerprint density at radius 2 is 2.05 bits per heavy atom. The summed E-state index contributed by atoms with van der Waals surface area (Å²) in [5.41, 5.74) is 0.128. The Kier molecular flexibility index (Phi) is 5.45. The van der Waals surface area contributed by atoms with Crippen LogP contribution >= 0.6 is 0 Å². The minimum atomic E-state index is -4.43. The second kappa shape index (κ2) is 7.13. The molecule has 1 amide bonds. The fourth-order valence-electron chi connectivity index (χ4n) is 2.79. The van der Waals surface area contributed by atoms with Crippen LogP contribution in [0, 0.1) is 5.92 Å². The highest BCUT2D eigenvalue weighted by atomic mass is 19.4. The molecule has 2 rings (SSSR count). The number of hydrogen-bond donors (Lipinski definition) is 2. The van der Waals surface area contributed by atoms with E-state index in [1.54, 1.807) is 18.2 Å². The normalized spacial score (nSPS) is 23.8. The molecule has 3 unspecified atom stereocenters. The number of halogens is 3. The molecular formula is C16H21F3N2O. The molecular weight excluding hydrogens is 293 g/mol. The molecule has 0 aliphatic carbocycles. The maximum absolute atomic E-state index is 13.2. The summed E-state index contributed by atoms with van der Waals surface area (Å²) in [6.45, 7) is 3.53. The van der Waals surface area contributed by atoms with Crippen LogP contribution in [0.2, 0.25) is 0 Å². The lowest BCUT2D eigenvalue weighted by Gasteiger charge is -2.31. The minimum Gasteiger partial charge on any atom is -0.353 e. The topological polar surface area (TPSA) is 41.1 Å². The molecule has 1 aromatic rings. The van der Waals surface area contributed by atoms with Crippen molar-refractivity contribution in [1.29, 1.82) is 0 Å². The molecule has 6 heteroatoms. The molecule has 1 aromatic carbocycles. The van der Waals surface area contributed by atoms with Crippen LogP contribution in [0.25, 0.3) is 0 Å². The van der Waals surface area contributed by atoms with E-state index in [1.807, 2.05) is 6.92 Å². The summed E-state index contributed by atoms with van der Waals surface area (Å²) in [6, 6.07) is 7.55. The van der Waals surface area contributed by atoms with Gasteiger partial charge >= 0.3 is 6.18 Å². The number of piperidine rings is 1. The number of hydrogen-bond acceptors (Lipinski definition) is 2. The largest absolute Gasteiger partial charge is 0.396 e. The van der Waals surface area contributed by atoms with E-state index >= 15 is 0 Å². The van der Waals surface area contributed by atoms with Gasteiger partial charge in [-0.3, -0.25) is 4.79 Å². The van der Waals surface area contributed by atoms with Gasteiger partial charge in [-0.1, -0.05) is 37.3 Å². The van der Waals surface area contributed by atoms with Gasteiger partial charge in [-0.25, -0.2) is 0 Å². The van der Waals surface area contributed by atoms with Gasteiger partial charge in [0.05, 0.1) is 5.92 Å². The van der Waals surface area contributed by atoms with E-state index in [-0.39, 0.29) is 17.5 Å². The maximum Gasteiger partial charge on any atom is 0.396 e. The molecule has 0 aromatic heterocycles. The second-order valence-corrected chi connectivity index (χ2v) is 5.85. The molecule has 1 aliphatic heterocycles. The third kappa shape index (κ3) is 4.47. The number of alkyl halides is 3. The summed E-state index contributed by atoms with van der Waals surface area (Å²) in [5, 5.41) is 5.96. The van der Waals surface area contributed by atoms with Gasteiger partial charge in [0, 0.05) is 12.5 Å². The van der Waals surface area contributed by atoms with Gasteiger partial charge in [0.15, 0.2) is 0 Å². The molecule has 22 heavy (non-hydrogen) atoms. The number of carbonyl (C=O) groups excluding carboxylic acids is 1. The Morgan fingerprint density at radius 3 is 2.64 bits per heavy atom. The lowest BCUT2D eigenvalue weighted by Crippen LogP contribution is -2.48. The molecule has 2 N–H and O–H groups in total. The molecule has 3 nitrogen and oxygen atoms in total. The smallest absolute Gasteiger partial charge is 0.353 e. The van der Waals surface area contributed by atoms with E-state index in [1.165, 1.54) is 12.1 Å². The Balaban J connectivity index is 2.03. The maximum atomic E-state index is 13.2. The quantitative estimate of drug-likeness (QED) is 0.897. The monoisotopic (exact) mass is 314 g/mol. The summed E-state index contributed by atoms with van der Waals surface area (Å²) >= 11 is 0. The van der Waals surface area contributed by atoms with Crippen LogP contribution in [-0.2, 0) is 4.79 Å². The second-order valence-electron chi connectivity index (χ2n) is 5.85. The van der Waals surface area contributed by atoms with E-state index in [2.05, 4.69) is 10.6 Å². The Morgan fingerprint density at radius 1 is 1.36 bits per heavy atom. The van der Waals surface area contributed by atoms with Gasteiger partial charge in [0.2, 0.25) is 5.91 Å². The molecule has 1 saturated heterocycles. The number of carbonyl (C=O) groups is 1. The van der Waals surface area contributed by atoms with Crippen LogP contribution in [-0.4, -0.2) is 31.2 Å². The molecule has 0 bridgehead atoms. The Labute approximate surface area is 128 Å². The summed E-state index contributed by atoms with van der Waals surface area (Å²) in [7, 11) is 0. The predicted molar refractivity (Wildman–Crippen MR) is 78.4 cm³/mol. The SMILES string of the molecule is CC1CNCCC1NC(=O)CC(c1ccccc1)C(F)(F)F. The van der Waals surface area contributed by atoms with E-state index in [0.717, 1.165) is 19.5 Å². The summed E-state index contributed by atoms with van der Waals surface area (Å²) in [5.74, 6) is -2.07. The molecule has 1 fully saturated rings. The Bertz CT molecular complexity index is 490. The third-order valence-electron chi connectivity index (χ3n) is 4.12. The number of rotatable bonds is 4. The molecule has 122 valence electrons. The van der Waals surface area contributed by atoms with Crippen molar-refractivity contribution in [2.75, 3.05) is 13.1 Å². The fourth-order valence-corrected chi connectivity index (χ4v) is 2.79. The van der Waals surface area contributed by atoms with Crippen molar-refractivity contribution in [3.8, 4) is 0 Å². The van der Waals surface area contributed by atoms with Crippen LogP contribution in [0.3, 0.4) is 0 Å². The highest BCUT2D eigenvalue weighted by Crippen LogP contribution is 2.37. The lowest BCUT2D eigenvalue weighted by molar-refractivity contribution is -0.157. The highest BCUT2D eigenvalue weighted by Gasteiger charge is 2.42. The zero-order valence-electron chi connectivity index (χ0n) is 12.5. The standard InChI is InChI=1S/C16H21F3N2O/c1-11-10-20-8-7-14(11)21-15(22)9-13(16(17,18)19)12-5-3-2-4-6-12/h2-6,11,13-14,20H,7-10H2,1H3,(H,21,22). The first-order chi connectivity index (χ1) is 10.4. The van der Waals surface area contributed by atoms with Crippen molar-refractivity contribution in [3.63, 3.8) is 0 Å². The van der Waals surface area contributed by atoms with Crippen molar-refractivity contribution >= 4 is 5.91 Å². The minimum absolute atomic E-state index is 0.0570. The number of amides is 1. The Hall–Kier alpha value is -1.56. The average molecular weight is 314 g/mol. The van der Waals surface area contributed by atoms with Gasteiger partial charge in [-0.15, -0.1) is 0 Å². The van der Waals surface area contributed by atoms with Gasteiger partial charge in [0.25, 0.3) is 0 Å². The van der Waals surface area contributed by atoms with Crippen molar-refractivity contribution in [3.05, 3.63) is 35.9 Å². The molecule has 0 radical (unpaired) electrons. The fraction of sp³-hybridized carbons (Fsp3) is 0.562. The number of nitrogens with one attached hydrogen (secondary N) is 2. The van der Waals surface area contributed by atoms with Gasteiger partial charge in [-0.05, 0) is 31.0 Å². The van der Waals surface area contributed by atoms with Crippen LogP contribution in [0.4, 0.5) is 13.2 Å². The first-order valence-corrected chi connectivity index (χ1v) is 7.49. The zero-order valence-corrected chi connectivity index (χ0v) is 12.5. The zero-order chi connectivity index (χ0) is 16.2. The van der Waals surface area contributed by atoms with Crippen LogP contribution in [0.1, 0.15) is 31.2 Å². The molecule has 0 saturated carbocycles. The van der Waals surface area contributed by atoms with E-state index < -0.39 is 24.4 Å². The van der Waals surface area contributed by atoms with Crippen molar-refractivity contribution in [2.45, 2.75) is 37.9 Å². The summed E-state index contributed by atoms with van der Waals surface area (Å²) in [4.78, 5) is 12.1. The summed E-state index contributed by atoms with van der Waals surface area (Å²) in [6.07, 6.45) is -4.25. The van der Waals surface area contributed by atoms with Crippen LogP contribution < -0.4 is 10.6 Å². The lowest BCUT2D eigenvalue weighted by atomic mass is 9.92. The molecule has 1 heterocycles. The predicted octanol–water partition coefficient (Wildman–Crippen LogP) is 2.84. The third-order valence-corrected chi connectivity index (χ3v) is 4.12. The first kappa shape index (κ1) is 16.8. The van der Waals surface area contributed by atoms with Gasteiger partial charge in [-0.2, -0.15) is 13.2 Å². The first-order valence-electron chi connectivity index (χ1n) is 7.49. The van der Waals surface area contributed by atoms with E-state index in [0.29, 0.717) is 0 Å². The van der Waals surface area contributed by atoms with Crippen molar-refractivity contribution in [1.82, 2.24) is 10.6 Å². The molecule has 1 aliphatic rings. The number of benzene rings is 1. The van der Waals surface area contributed by atoms with E-state index in [4.69, 9.17) is 0 Å². The van der Waals surface area contributed by atoms with Crippen LogP contribution in [0.15, 0.2) is 30.3 Å². The summed E-state index contributed by atoms with van der Waals surface area (Å²) < 4.78 is 39.7. The van der Waals surface area contributed by atoms with Gasteiger partial charge in [0.1, 0.15) is 0 Å².